The maximum atomic E-state index is 3.36. The van der Waals surface area contributed by atoms with Crippen LogP contribution in [0.3, 0.4) is 0 Å². The van der Waals surface area contributed by atoms with Gasteiger partial charge in [-0.2, -0.15) is 0 Å². The molecule has 0 bridgehead atoms. The second kappa shape index (κ2) is 7.14. The predicted octanol–water partition coefficient (Wildman–Crippen LogP) is 4.48. The monoisotopic (exact) mass is 188 g/mol. The highest BCUT2D eigenvalue weighted by atomic mass is 14.0. The normalized spacial score (nSPS) is 8.86. The SMILES string of the molecule is C=CC=C.Cc1ccc(C(C)C)cc1. The summed E-state index contributed by atoms with van der Waals surface area (Å²) < 4.78 is 0. The van der Waals surface area contributed by atoms with E-state index in [1.54, 1.807) is 12.2 Å². The molecule has 0 unspecified atom stereocenters. The Morgan fingerprint density at radius 1 is 1.00 bits per heavy atom. The van der Waals surface area contributed by atoms with Gasteiger partial charge in [-0.15, -0.1) is 0 Å². The molecule has 14 heavy (non-hydrogen) atoms. The maximum Gasteiger partial charge on any atom is -0.0219 e. The molecule has 0 heterocycles. The molecule has 0 aromatic heterocycles. The van der Waals surface area contributed by atoms with Gasteiger partial charge in [0.2, 0.25) is 0 Å². The molecule has 1 aromatic rings. The van der Waals surface area contributed by atoms with Crippen molar-refractivity contribution in [3.05, 3.63) is 60.7 Å². The fourth-order valence-electron chi connectivity index (χ4n) is 0.951. The van der Waals surface area contributed by atoms with Gasteiger partial charge >= 0.3 is 0 Å². The Labute approximate surface area is 88.0 Å². The highest BCUT2D eigenvalue weighted by molar-refractivity contribution is 5.23. The van der Waals surface area contributed by atoms with Crippen LogP contribution in [0, 0.1) is 6.92 Å². The zero-order valence-electron chi connectivity index (χ0n) is 9.46. The minimum atomic E-state index is 0.653. The summed E-state index contributed by atoms with van der Waals surface area (Å²) in [7, 11) is 0. The Bertz CT molecular complexity index is 259. The van der Waals surface area contributed by atoms with E-state index in [-0.39, 0.29) is 0 Å². The van der Waals surface area contributed by atoms with Crippen LogP contribution >= 0.6 is 0 Å². The van der Waals surface area contributed by atoms with Gasteiger partial charge in [-0.1, -0.05) is 69.0 Å². The number of hydrogen-bond donors (Lipinski definition) is 0. The van der Waals surface area contributed by atoms with Crippen LogP contribution in [-0.2, 0) is 0 Å². The minimum Gasteiger partial charge on any atom is -0.0991 e. The lowest BCUT2D eigenvalue weighted by Gasteiger charge is -2.03. The van der Waals surface area contributed by atoms with Gasteiger partial charge < -0.3 is 0 Å². The topological polar surface area (TPSA) is 0 Å². The summed E-state index contributed by atoms with van der Waals surface area (Å²) in [6, 6.07) is 8.71. The van der Waals surface area contributed by atoms with Crippen molar-refractivity contribution in [2.45, 2.75) is 26.7 Å². The van der Waals surface area contributed by atoms with E-state index in [1.165, 1.54) is 11.1 Å². The van der Waals surface area contributed by atoms with Gasteiger partial charge in [0.25, 0.3) is 0 Å². The second-order valence-corrected chi connectivity index (χ2v) is 3.54. The first-order valence-corrected chi connectivity index (χ1v) is 4.91. The largest absolute Gasteiger partial charge is 0.0991 e. The summed E-state index contributed by atoms with van der Waals surface area (Å²) in [6.07, 6.45) is 3.28. The van der Waals surface area contributed by atoms with Crippen molar-refractivity contribution in [2.24, 2.45) is 0 Å². The molecule has 0 saturated carbocycles. The zero-order valence-corrected chi connectivity index (χ0v) is 9.46. The summed E-state index contributed by atoms with van der Waals surface area (Å²) in [6.45, 7) is 13.3. The van der Waals surface area contributed by atoms with Crippen molar-refractivity contribution < 1.29 is 0 Å². The third-order valence-corrected chi connectivity index (χ3v) is 1.91. The molecule has 0 atom stereocenters. The summed E-state index contributed by atoms with van der Waals surface area (Å²) in [4.78, 5) is 0. The molecular weight excluding hydrogens is 168 g/mol. The van der Waals surface area contributed by atoms with Crippen LogP contribution < -0.4 is 0 Å². The van der Waals surface area contributed by atoms with Crippen LogP contribution in [0.25, 0.3) is 0 Å². The summed E-state index contributed by atoms with van der Waals surface area (Å²) >= 11 is 0. The van der Waals surface area contributed by atoms with Crippen molar-refractivity contribution in [2.75, 3.05) is 0 Å². The van der Waals surface area contributed by atoms with E-state index < -0.39 is 0 Å². The van der Waals surface area contributed by atoms with Gasteiger partial charge in [-0.05, 0) is 18.4 Å². The van der Waals surface area contributed by atoms with Gasteiger partial charge in [0.15, 0.2) is 0 Å². The van der Waals surface area contributed by atoms with Gasteiger partial charge in [0, 0.05) is 0 Å². The molecular formula is C14H20. The molecule has 0 amide bonds. The van der Waals surface area contributed by atoms with E-state index in [2.05, 4.69) is 58.2 Å². The third kappa shape index (κ3) is 5.36. The highest BCUT2D eigenvalue weighted by Crippen LogP contribution is 2.13. The highest BCUT2D eigenvalue weighted by Gasteiger charge is 1.95. The predicted molar refractivity (Wildman–Crippen MR) is 65.7 cm³/mol. The number of allylic oxidation sites excluding steroid dienone is 2. The number of benzene rings is 1. The average Bonchev–Trinajstić information content (AvgIpc) is 2.19. The van der Waals surface area contributed by atoms with Crippen LogP contribution in [0.15, 0.2) is 49.6 Å². The first-order valence-electron chi connectivity index (χ1n) is 4.91. The van der Waals surface area contributed by atoms with E-state index in [1.807, 2.05) is 0 Å². The van der Waals surface area contributed by atoms with Crippen LogP contribution in [0.2, 0.25) is 0 Å². The Balaban J connectivity index is 0.000000364. The molecule has 0 aliphatic heterocycles. The van der Waals surface area contributed by atoms with Gasteiger partial charge in [-0.3, -0.25) is 0 Å². The minimum absolute atomic E-state index is 0.653. The molecule has 0 heteroatoms. The zero-order chi connectivity index (χ0) is 11.0. The first kappa shape index (κ1) is 12.7. The van der Waals surface area contributed by atoms with Crippen LogP contribution in [0.4, 0.5) is 0 Å². The summed E-state index contributed by atoms with van der Waals surface area (Å²) in [5, 5.41) is 0. The first-order chi connectivity index (χ1) is 6.61. The van der Waals surface area contributed by atoms with Crippen molar-refractivity contribution in [1.29, 1.82) is 0 Å². The van der Waals surface area contributed by atoms with Gasteiger partial charge in [0.05, 0.1) is 0 Å². The molecule has 1 aromatic carbocycles. The van der Waals surface area contributed by atoms with E-state index in [0.29, 0.717) is 5.92 Å². The quantitative estimate of drug-likeness (QED) is 0.600. The molecule has 0 aliphatic rings. The van der Waals surface area contributed by atoms with Crippen LogP contribution in [0.1, 0.15) is 30.9 Å². The number of aryl methyl sites for hydroxylation is 1. The molecule has 0 aliphatic carbocycles. The Morgan fingerprint density at radius 3 is 1.71 bits per heavy atom. The van der Waals surface area contributed by atoms with E-state index in [4.69, 9.17) is 0 Å². The Kier molecular flexibility index (Phi) is 6.47. The van der Waals surface area contributed by atoms with Gasteiger partial charge in [-0.25, -0.2) is 0 Å². The van der Waals surface area contributed by atoms with Crippen LogP contribution in [-0.4, -0.2) is 0 Å². The number of hydrogen-bond acceptors (Lipinski definition) is 0. The molecule has 0 fully saturated rings. The van der Waals surface area contributed by atoms with Crippen LogP contribution in [0.5, 0.6) is 0 Å². The molecule has 0 nitrogen and oxygen atoms in total. The Morgan fingerprint density at radius 2 is 1.43 bits per heavy atom. The smallest absolute Gasteiger partial charge is 0.0219 e. The molecule has 0 spiro atoms. The standard InChI is InChI=1S/C10H14.C4H6/c1-8(2)10-6-4-9(3)5-7-10;1-3-4-2/h4-8H,1-3H3;3-4H,1-2H2. The molecule has 0 radical (unpaired) electrons. The van der Waals surface area contributed by atoms with E-state index in [0.717, 1.165) is 0 Å². The molecule has 0 N–H and O–H groups in total. The van der Waals surface area contributed by atoms with Crippen molar-refractivity contribution in [1.82, 2.24) is 0 Å². The lowest BCUT2D eigenvalue weighted by atomic mass is 10.0. The number of rotatable bonds is 2. The molecule has 76 valence electrons. The van der Waals surface area contributed by atoms with Crippen molar-refractivity contribution >= 4 is 0 Å². The second-order valence-electron chi connectivity index (χ2n) is 3.54. The summed E-state index contributed by atoms with van der Waals surface area (Å²) in [5.41, 5.74) is 2.76. The third-order valence-electron chi connectivity index (χ3n) is 1.91. The van der Waals surface area contributed by atoms with Crippen molar-refractivity contribution in [3.8, 4) is 0 Å². The maximum absolute atomic E-state index is 3.36. The summed E-state index contributed by atoms with van der Waals surface area (Å²) in [5.74, 6) is 0.653. The fourth-order valence-corrected chi connectivity index (χ4v) is 0.951. The van der Waals surface area contributed by atoms with E-state index >= 15 is 0 Å². The van der Waals surface area contributed by atoms with E-state index in [9.17, 15) is 0 Å². The fraction of sp³-hybridized carbons (Fsp3) is 0.286. The lowest BCUT2D eigenvalue weighted by molar-refractivity contribution is 0.866. The Hall–Kier alpha value is -1.30. The lowest BCUT2D eigenvalue weighted by Crippen LogP contribution is -1.85. The molecule has 0 saturated heterocycles. The van der Waals surface area contributed by atoms with Crippen molar-refractivity contribution in [3.63, 3.8) is 0 Å². The molecule has 1 rings (SSSR count). The average molecular weight is 188 g/mol. The van der Waals surface area contributed by atoms with Gasteiger partial charge in [0.1, 0.15) is 0 Å².